The highest BCUT2D eigenvalue weighted by atomic mass is 35.5. The van der Waals surface area contributed by atoms with Gasteiger partial charge in [-0.25, -0.2) is 0 Å². The molecule has 0 aliphatic rings. The third-order valence-corrected chi connectivity index (χ3v) is 3.90. The SMILES string of the molecule is COc1ccc2cc(OCc3ccccc3)c(N)cc2c1Cl. The van der Waals surface area contributed by atoms with E-state index in [4.69, 9.17) is 26.8 Å². The average Bonchev–Trinajstić information content (AvgIpc) is 2.55. The second-order valence-corrected chi connectivity index (χ2v) is 5.35. The average molecular weight is 314 g/mol. The Labute approximate surface area is 134 Å². The van der Waals surface area contributed by atoms with Crippen molar-refractivity contribution in [3.05, 3.63) is 65.2 Å². The maximum atomic E-state index is 6.32. The Morgan fingerprint density at radius 1 is 1.00 bits per heavy atom. The zero-order chi connectivity index (χ0) is 15.5. The molecule has 0 atom stereocenters. The Hall–Kier alpha value is -2.39. The maximum Gasteiger partial charge on any atom is 0.143 e. The van der Waals surface area contributed by atoms with Gasteiger partial charge in [0.2, 0.25) is 0 Å². The third kappa shape index (κ3) is 2.81. The van der Waals surface area contributed by atoms with E-state index in [1.807, 2.05) is 54.6 Å². The summed E-state index contributed by atoms with van der Waals surface area (Å²) in [4.78, 5) is 0. The van der Waals surface area contributed by atoms with Gasteiger partial charge < -0.3 is 15.2 Å². The third-order valence-electron chi connectivity index (χ3n) is 3.51. The van der Waals surface area contributed by atoms with Crippen LogP contribution in [0.15, 0.2) is 54.6 Å². The van der Waals surface area contributed by atoms with Gasteiger partial charge in [-0.05, 0) is 29.1 Å². The minimum atomic E-state index is 0.473. The van der Waals surface area contributed by atoms with Gasteiger partial charge in [0.25, 0.3) is 0 Å². The molecule has 0 bridgehead atoms. The lowest BCUT2D eigenvalue weighted by Crippen LogP contribution is -1.99. The van der Waals surface area contributed by atoms with Crippen LogP contribution >= 0.6 is 11.6 Å². The molecule has 0 spiro atoms. The second kappa shape index (κ2) is 6.16. The van der Waals surface area contributed by atoms with E-state index in [2.05, 4.69) is 0 Å². The predicted molar refractivity (Wildman–Crippen MR) is 90.7 cm³/mol. The van der Waals surface area contributed by atoms with Crippen molar-refractivity contribution in [2.45, 2.75) is 6.61 Å². The minimum Gasteiger partial charge on any atom is -0.495 e. The summed E-state index contributed by atoms with van der Waals surface area (Å²) in [6.07, 6.45) is 0. The van der Waals surface area contributed by atoms with Gasteiger partial charge in [-0.3, -0.25) is 0 Å². The van der Waals surface area contributed by atoms with Gasteiger partial charge in [0.05, 0.1) is 17.8 Å². The van der Waals surface area contributed by atoms with Crippen molar-refractivity contribution in [2.24, 2.45) is 0 Å². The molecule has 0 amide bonds. The van der Waals surface area contributed by atoms with E-state index >= 15 is 0 Å². The molecular weight excluding hydrogens is 298 g/mol. The van der Waals surface area contributed by atoms with Crippen LogP contribution in [-0.4, -0.2) is 7.11 Å². The fourth-order valence-corrected chi connectivity index (χ4v) is 2.63. The minimum absolute atomic E-state index is 0.473. The molecule has 2 N–H and O–H groups in total. The van der Waals surface area contributed by atoms with Crippen LogP contribution in [-0.2, 0) is 6.61 Å². The number of benzene rings is 3. The second-order valence-electron chi connectivity index (χ2n) is 4.97. The summed E-state index contributed by atoms with van der Waals surface area (Å²) in [5.74, 6) is 1.28. The van der Waals surface area contributed by atoms with Crippen LogP contribution in [0.1, 0.15) is 5.56 Å². The van der Waals surface area contributed by atoms with Gasteiger partial charge in [-0.1, -0.05) is 48.0 Å². The van der Waals surface area contributed by atoms with Gasteiger partial charge >= 0.3 is 0 Å². The number of halogens is 1. The lowest BCUT2D eigenvalue weighted by Gasteiger charge is -2.12. The molecule has 0 aromatic heterocycles. The molecule has 22 heavy (non-hydrogen) atoms. The standard InChI is InChI=1S/C18H16ClNO2/c1-21-16-8-7-13-9-17(15(20)10-14(13)18(16)19)22-11-12-5-3-2-4-6-12/h2-10H,11,20H2,1H3. The van der Waals surface area contributed by atoms with E-state index in [1.165, 1.54) is 0 Å². The fourth-order valence-electron chi connectivity index (χ4n) is 2.33. The first kappa shape index (κ1) is 14.5. The summed E-state index contributed by atoms with van der Waals surface area (Å²) in [6.45, 7) is 0.473. The molecule has 0 aliphatic carbocycles. The van der Waals surface area contributed by atoms with Crippen LogP contribution < -0.4 is 15.2 Å². The van der Waals surface area contributed by atoms with Gasteiger partial charge in [0.15, 0.2) is 0 Å². The van der Waals surface area contributed by atoms with Crippen molar-refractivity contribution in [2.75, 3.05) is 12.8 Å². The van der Waals surface area contributed by atoms with Crippen molar-refractivity contribution in [3.8, 4) is 11.5 Å². The van der Waals surface area contributed by atoms with E-state index < -0.39 is 0 Å². The summed E-state index contributed by atoms with van der Waals surface area (Å²) in [6, 6.07) is 17.5. The maximum absolute atomic E-state index is 6.32. The number of hydrogen-bond acceptors (Lipinski definition) is 3. The van der Waals surface area contributed by atoms with Gasteiger partial charge in [0, 0.05) is 5.39 Å². The number of hydrogen-bond donors (Lipinski definition) is 1. The monoisotopic (exact) mass is 313 g/mol. The molecule has 3 nitrogen and oxygen atoms in total. The molecule has 0 heterocycles. The zero-order valence-corrected chi connectivity index (χ0v) is 12.9. The number of nitrogens with two attached hydrogens (primary N) is 1. The molecule has 0 aliphatic heterocycles. The number of anilines is 1. The number of fused-ring (bicyclic) bond motifs is 1. The smallest absolute Gasteiger partial charge is 0.143 e. The van der Waals surface area contributed by atoms with E-state index in [1.54, 1.807) is 7.11 Å². The quantitative estimate of drug-likeness (QED) is 0.712. The molecule has 0 saturated carbocycles. The molecular formula is C18H16ClNO2. The molecule has 4 heteroatoms. The van der Waals surface area contributed by atoms with Crippen LogP contribution in [0, 0.1) is 0 Å². The lowest BCUT2D eigenvalue weighted by atomic mass is 10.1. The largest absolute Gasteiger partial charge is 0.495 e. The summed E-state index contributed by atoms with van der Waals surface area (Å²) >= 11 is 6.32. The molecule has 0 unspecified atom stereocenters. The molecule has 0 saturated heterocycles. The van der Waals surface area contributed by atoms with E-state index in [9.17, 15) is 0 Å². The van der Waals surface area contributed by atoms with Crippen LogP contribution in [0.3, 0.4) is 0 Å². The number of nitrogen functional groups attached to an aromatic ring is 1. The summed E-state index contributed by atoms with van der Waals surface area (Å²) in [5, 5.41) is 2.37. The van der Waals surface area contributed by atoms with E-state index in [-0.39, 0.29) is 0 Å². The first-order valence-electron chi connectivity index (χ1n) is 6.91. The first-order valence-corrected chi connectivity index (χ1v) is 7.29. The zero-order valence-electron chi connectivity index (χ0n) is 12.2. The van der Waals surface area contributed by atoms with Gasteiger partial charge in [-0.2, -0.15) is 0 Å². The Morgan fingerprint density at radius 3 is 2.50 bits per heavy atom. The molecule has 3 aromatic rings. The Kier molecular flexibility index (Phi) is 4.07. The highest BCUT2D eigenvalue weighted by molar-refractivity contribution is 6.37. The molecule has 112 valence electrons. The van der Waals surface area contributed by atoms with E-state index in [0.29, 0.717) is 28.8 Å². The van der Waals surface area contributed by atoms with Gasteiger partial charge in [-0.15, -0.1) is 0 Å². The Morgan fingerprint density at radius 2 is 1.77 bits per heavy atom. The summed E-state index contributed by atoms with van der Waals surface area (Å²) in [7, 11) is 1.59. The number of methoxy groups -OCH3 is 1. The van der Waals surface area contributed by atoms with Gasteiger partial charge in [0.1, 0.15) is 18.1 Å². The van der Waals surface area contributed by atoms with E-state index in [0.717, 1.165) is 16.3 Å². The van der Waals surface area contributed by atoms with Crippen molar-refractivity contribution < 1.29 is 9.47 Å². The predicted octanol–water partition coefficient (Wildman–Crippen LogP) is 4.66. The van der Waals surface area contributed by atoms with Crippen LogP contribution in [0.2, 0.25) is 5.02 Å². The summed E-state index contributed by atoms with van der Waals surface area (Å²) < 4.78 is 11.1. The highest BCUT2D eigenvalue weighted by Crippen LogP contribution is 2.37. The first-order chi connectivity index (χ1) is 10.7. The normalized spacial score (nSPS) is 10.6. The van der Waals surface area contributed by atoms with Crippen LogP contribution in [0.4, 0.5) is 5.69 Å². The van der Waals surface area contributed by atoms with Crippen LogP contribution in [0.25, 0.3) is 10.8 Å². The van der Waals surface area contributed by atoms with Crippen LogP contribution in [0.5, 0.6) is 11.5 Å². The van der Waals surface area contributed by atoms with Crippen molar-refractivity contribution in [3.63, 3.8) is 0 Å². The highest BCUT2D eigenvalue weighted by Gasteiger charge is 2.10. The fraction of sp³-hybridized carbons (Fsp3) is 0.111. The summed E-state index contributed by atoms with van der Waals surface area (Å²) in [5.41, 5.74) is 7.73. The van der Waals surface area contributed by atoms with Crippen molar-refractivity contribution >= 4 is 28.1 Å². The Balaban J connectivity index is 1.93. The lowest BCUT2D eigenvalue weighted by molar-refractivity contribution is 0.308. The number of ether oxygens (including phenoxy) is 2. The molecule has 3 rings (SSSR count). The van der Waals surface area contributed by atoms with Crippen molar-refractivity contribution in [1.82, 2.24) is 0 Å². The molecule has 0 fully saturated rings. The Bertz CT molecular complexity index is 803. The van der Waals surface area contributed by atoms with Crippen molar-refractivity contribution in [1.29, 1.82) is 0 Å². The molecule has 3 aromatic carbocycles. The number of rotatable bonds is 4. The molecule has 0 radical (unpaired) electrons. The topological polar surface area (TPSA) is 44.5 Å².